The van der Waals surface area contributed by atoms with Gasteiger partial charge in [-0.05, 0) is 17.5 Å². The quantitative estimate of drug-likeness (QED) is 0.512. The number of aliphatic carboxylic acids is 1. The average molecular weight is 201 g/mol. The van der Waals surface area contributed by atoms with E-state index in [4.69, 9.17) is 5.11 Å². The zero-order chi connectivity index (χ0) is 9.26. The van der Waals surface area contributed by atoms with Gasteiger partial charge in [0.1, 0.15) is 6.04 Å². The van der Waals surface area contributed by atoms with E-state index in [1.807, 2.05) is 24.3 Å². The molecular formula is C10H12NNaO2. The number of rotatable bonds is 1. The SMILES string of the molecule is O=C(O)C1Cc2ccccc2CN1.[H-].[Na+]. The monoisotopic (exact) mass is 201 g/mol. The second-order valence-electron chi connectivity index (χ2n) is 3.24. The molecule has 4 heteroatoms. The molecule has 1 aromatic rings. The standard InChI is InChI=1S/C10H11NO2.Na.H/c12-10(13)9-5-7-3-1-2-4-8(7)6-11-9;;/h1-4,9,11H,5-6H2,(H,12,13);;/q;+1;-1. The molecule has 1 unspecified atom stereocenters. The summed E-state index contributed by atoms with van der Waals surface area (Å²) in [6.07, 6.45) is 0.589. The number of carbonyl (C=O) groups is 1. The second-order valence-corrected chi connectivity index (χ2v) is 3.24. The topological polar surface area (TPSA) is 49.3 Å². The van der Waals surface area contributed by atoms with Crippen molar-refractivity contribution in [2.24, 2.45) is 0 Å². The summed E-state index contributed by atoms with van der Waals surface area (Å²) < 4.78 is 0. The third kappa shape index (κ3) is 2.36. The van der Waals surface area contributed by atoms with Gasteiger partial charge in [-0.2, -0.15) is 0 Å². The van der Waals surface area contributed by atoms with Crippen LogP contribution in [0.3, 0.4) is 0 Å². The largest absolute Gasteiger partial charge is 1.00 e. The van der Waals surface area contributed by atoms with Crippen molar-refractivity contribution in [1.82, 2.24) is 5.32 Å². The van der Waals surface area contributed by atoms with E-state index in [9.17, 15) is 4.79 Å². The number of carboxylic acid groups (broad SMARTS) is 1. The normalized spacial score (nSPS) is 19.3. The predicted molar refractivity (Wildman–Crippen MR) is 49.5 cm³/mol. The molecule has 1 aliphatic heterocycles. The zero-order valence-corrected chi connectivity index (χ0v) is 10.2. The summed E-state index contributed by atoms with van der Waals surface area (Å²) in [5.74, 6) is -0.769. The third-order valence-corrected chi connectivity index (χ3v) is 2.38. The van der Waals surface area contributed by atoms with Crippen LogP contribution in [-0.4, -0.2) is 17.1 Å². The fourth-order valence-electron chi connectivity index (χ4n) is 1.63. The van der Waals surface area contributed by atoms with Crippen molar-refractivity contribution in [2.75, 3.05) is 0 Å². The molecule has 70 valence electrons. The molecule has 0 amide bonds. The van der Waals surface area contributed by atoms with Crippen molar-refractivity contribution < 1.29 is 40.9 Å². The minimum atomic E-state index is -0.769. The first-order chi connectivity index (χ1) is 6.27. The molecule has 0 aromatic heterocycles. The van der Waals surface area contributed by atoms with Crippen LogP contribution < -0.4 is 34.9 Å². The van der Waals surface area contributed by atoms with Gasteiger partial charge in [0.15, 0.2) is 0 Å². The summed E-state index contributed by atoms with van der Waals surface area (Å²) in [5, 5.41) is 11.8. The molecule has 2 N–H and O–H groups in total. The van der Waals surface area contributed by atoms with Crippen molar-refractivity contribution in [2.45, 2.75) is 19.0 Å². The van der Waals surface area contributed by atoms with Crippen LogP contribution in [0.1, 0.15) is 12.6 Å². The molecule has 14 heavy (non-hydrogen) atoms. The van der Waals surface area contributed by atoms with Gasteiger partial charge in [0.25, 0.3) is 0 Å². The first-order valence-corrected chi connectivity index (χ1v) is 4.30. The average Bonchev–Trinajstić information content (AvgIpc) is 2.17. The molecule has 0 aliphatic carbocycles. The fourth-order valence-corrected chi connectivity index (χ4v) is 1.63. The van der Waals surface area contributed by atoms with Crippen LogP contribution >= 0.6 is 0 Å². The maximum atomic E-state index is 10.7. The van der Waals surface area contributed by atoms with E-state index >= 15 is 0 Å². The Balaban J connectivity index is 0.000000980. The zero-order valence-electron chi connectivity index (χ0n) is 9.16. The Kier molecular flexibility index (Phi) is 4.13. The Hall–Kier alpha value is -0.350. The number of hydrogen-bond donors (Lipinski definition) is 2. The summed E-state index contributed by atoms with van der Waals surface area (Å²) in [5.41, 5.74) is 2.36. The Morgan fingerprint density at radius 2 is 2.07 bits per heavy atom. The van der Waals surface area contributed by atoms with Gasteiger partial charge >= 0.3 is 35.5 Å². The third-order valence-electron chi connectivity index (χ3n) is 2.38. The second kappa shape index (κ2) is 4.94. The van der Waals surface area contributed by atoms with Crippen molar-refractivity contribution in [1.29, 1.82) is 0 Å². The molecule has 1 aliphatic rings. The summed E-state index contributed by atoms with van der Waals surface area (Å²) >= 11 is 0. The molecular weight excluding hydrogens is 189 g/mol. The van der Waals surface area contributed by atoms with Crippen molar-refractivity contribution in [3.8, 4) is 0 Å². The van der Waals surface area contributed by atoms with Gasteiger partial charge in [-0.25, -0.2) is 0 Å². The van der Waals surface area contributed by atoms with E-state index in [-0.39, 0.29) is 31.0 Å². The summed E-state index contributed by atoms with van der Waals surface area (Å²) in [6.45, 7) is 0.660. The number of nitrogens with one attached hydrogen (secondary N) is 1. The Bertz CT molecular complexity index is 346. The van der Waals surface area contributed by atoms with Crippen molar-refractivity contribution in [3.63, 3.8) is 0 Å². The van der Waals surface area contributed by atoms with Crippen LogP contribution in [0.15, 0.2) is 24.3 Å². The minimum absolute atomic E-state index is 0. The maximum absolute atomic E-state index is 10.7. The molecule has 1 aromatic carbocycles. The number of hydrogen-bond acceptors (Lipinski definition) is 2. The molecule has 0 bridgehead atoms. The van der Waals surface area contributed by atoms with E-state index in [0.717, 1.165) is 5.56 Å². The number of carboxylic acids is 1. The van der Waals surface area contributed by atoms with Crippen LogP contribution in [0.5, 0.6) is 0 Å². The van der Waals surface area contributed by atoms with Gasteiger partial charge in [0.05, 0.1) is 0 Å². The smallest absolute Gasteiger partial charge is 1.00 e. The first-order valence-electron chi connectivity index (χ1n) is 4.30. The van der Waals surface area contributed by atoms with E-state index in [2.05, 4.69) is 5.32 Å². The van der Waals surface area contributed by atoms with Crippen molar-refractivity contribution >= 4 is 5.97 Å². The van der Waals surface area contributed by atoms with Gasteiger partial charge in [-0.15, -0.1) is 0 Å². The van der Waals surface area contributed by atoms with E-state index in [0.29, 0.717) is 13.0 Å². The summed E-state index contributed by atoms with van der Waals surface area (Å²) in [7, 11) is 0. The van der Waals surface area contributed by atoms with E-state index in [1.165, 1.54) is 5.56 Å². The fraction of sp³-hybridized carbons (Fsp3) is 0.300. The molecule has 1 atom stereocenters. The molecule has 3 nitrogen and oxygen atoms in total. The maximum Gasteiger partial charge on any atom is 1.00 e. The Morgan fingerprint density at radius 1 is 1.43 bits per heavy atom. The van der Waals surface area contributed by atoms with E-state index in [1.54, 1.807) is 0 Å². The Morgan fingerprint density at radius 3 is 2.71 bits per heavy atom. The molecule has 0 fully saturated rings. The van der Waals surface area contributed by atoms with Crippen LogP contribution in [0.2, 0.25) is 0 Å². The Labute approximate surface area is 106 Å². The van der Waals surface area contributed by atoms with E-state index < -0.39 is 12.0 Å². The minimum Gasteiger partial charge on any atom is -1.00 e. The summed E-state index contributed by atoms with van der Waals surface area (Å²) in [6, 6.07) is 7.52. The molecule has 0 spiro atoms. The van der Waals surface area contributed by atoms with Gasteiger partial charge in [0.2, 0.25) is 0 Å². The van der Waals surface area contributed by atoms with Crippen LogP contribution in [0, 0.1) is 0 Å². The first kappa shape index (κ1) is 11.7. The number of benzene rings is 1. The van der Waals surface area contributed by atoms with Gasteiger partial charge in [0, 0.05) is 6.54 Å². The molecule has 0 saturated carbocycles. The van der Waals surface area contributed by atoms with Gasteiger partial charge in [-0.1, -0.05) is 24.3 Å². The van der Waals surface area contributed by atoms with Crippen LogP contribution in [0.25, 0.3) is 0 Å². The molecule has 2 rings (SSSR count). The van der Waals surface area contributed by atoms with Crippen LogP contribution in [-0.2, 0) is 17.8 Å². The molecule has 1 heterocycles. The molecule has 0 radical (unpaired) electrons. The predicted octanol–water partition coefficient (Wildman–Crippen LogP) is -2.10. The van der Waals surface area contributed by atoms with Crippen molar-refractivity contribution in [3.05, 3.63) is 35.4 Å². The summed E-state index contributed by atoms with van der Waals surface area (Å²) in [4.78, 5) is 10.7. The van der Waals surface area contributed by atoms with Gasteiger partial charge < -0.3 is 11.8 Å². The number of fused-ring (bicyclic) bond motifs is 1. The van der Waals surface area contributed by atoms with Gasteiger partial charge in [-0.3, -0.25) is 4.79 Å². The molecule has 0 saturated heterocycles. The van der Waals surface area contributed by atoms with Crippen LogP contribution in [0.4, 0.5) is 0 Å².